The highest BCUT2D eigenvalue weighted by molar-refractivity contribution is 7.14. The molecule has 112 valence electrons. The number of amides is 1. The lowest BCUT2D eigenvalue weighted by Crippen LogP contribution is -2.25. The largest absolute Gasteiger partial charge is 0.336 e. The number of hydrogen-bond donors (Lipinski definition) is 1. The van der Waals surface area contributed by atoms with Gasteiger partial charge in [0.2, 0.25) is 0 Å². The smallest absolute Gasteiger partial charge is 0.263 e. The first kappa shape index (κ1) is 14.6. The molecule has 7 heteroatoms. The maximum atomic E-state index is 12.5. The molecule has 0 unspecified atom stereocenters. The molecule has 21 heavy (non-hydrogen) atoms. The molecule has 0 spiro atoms. The number of rotatable bonds is 4. The van der Waals surface area contributed by atoms with Crippen LogP contribution >= 0.6 is 22.9 Å². The summed E-state index contributed by atoms with van der Waals surface area (Å²) in [6.45, 7) is 3.56. The van der Waals surface area contributed by atoms with Gasteiger partial charge in [-0.05, 0) is 50.0 Å². The van der Waals surface area contributed by atoms with Crippen LogP contribution in [0.1, 0.15) is 44.0 Å². The van der Waals surface area contributed by atoms with Crippen LogP contribution in [-0.2, 0) is 6.54 Å². The maximum absolute atomic E-state index is 12.5. The third-order valence-corrected chi connectivity index (χ3v) is 5.71. The van der Waals surface area contributed by atoms with E-state index in [2.05, 4.69) is 21.0 Å². The number of carbonyl (C=O) groups is 1. The maximum Gasteiger partial charge on any atom is 0.263 e. The van der Waals surface area contributed by atoms with Crippen LogP contribution in [0.15, 0.2) is 12.1 Å². The van der Waals surface area contributed by atoms with Gasteiger partial charge in [0.1, 0.15) is 0 Å². The minimum Gasteiger partial charge on any atom is -0.336 e. The minimum absolute atomic E-state index is 0.0667. The number of hydrogen-bond acceptors (Lipinski definition) is 6. The third-order valence-electron chi connectivity index (χ3n) is 3.71. The van der Waals surface area contributed by atoms with Crippen LogP contribution in [0.5, 0.6) is 0 Å². The van der Waals surface area contributed by atoms with Crippen LogP contribution in [0.25, 0.3) is 0 Å². The molecule has 1 fully saturated rings. The Bertz CT molecular complexity index is 630. The number of nitrogens with zero attached hydrogens (tertiary/aromatic N) is 3. The molecule has 0 saturated carbocycles. The number of nitrogens with one attached hydrogen (secondary N) is 1. The predicted octanol–water partition coefficient (Wildman–Crippen LogP) is 2.60. The molecule has 1 aliphatic heterocycles. The zero-order valence-corrected chi connectivity index (χ0v) is 13.8. The van der Waals surface area contributed by atoms with Crippen LogP contribution in [0, 0.1) is 6.92 Å². The first-order valence-electron chi connectivity index (χ1n) is 7.01. The highest BCUT2D eigenvalue weighted by atomic mass is 32.1. The van der Waals surface area contributed by atoms with Gasteiger partial charge in [-0.1, -0.05) is 4.49 Å². The fraction of sp³-hybridized carbons (Fsp3) is 0.500. The van der Waals surface area contributed by atoms with E-state index in [1.54, 1.807) is 16.2 Å². The van der Waals surface area contributed by atoms with E-state index in [4.69, 9.17) is 0 Å². The molecule has 2 aromatic heterocycles. The lowest BCUT2D eigenvalue weighted by atomic mass is 10.2. The molecule has 2 aromatic rings. The Balaban J connectivity index is 1.68. The van der Waals surface area contributed by atoms with Crippen LogP contribution in [-0.4, -0.2) is 34.0 Å². The monoisotopic (exact) mass is 322 g/mol. The summed E-state index contributed by atoms with van der Waals surface area (Å²) in [5, 5.41) is 7.45. The van der Waals surface area contributed by atoms with Crippen molar-refractivity contribution < 1.29 is 4.79 Å². The lowest BCUT2D eigenvalue weighted by molar-refractivity contribution is 0.0791. The molecular formula is C14H18N4OS2. The van der Waals surface area contributed by atoms with E-state index in [1.165, 1.54) is 22.8 Å². The zero-order chi connectivity index (χ0) is 14.8. The predicted molar refractivity (Wildman–Crippen MR) is 84.7 cm³/mol. The van der Waals surface area contributed by atoms with Crippen molar-refractivity contribution in [1.82, 2.24) is 19.8 Å². The molecule has 1 N–H and O–H groups in total. The SMILES string of the molecule is Cc1nnsc1CN(C)C(=O)c1ccc([C@H]2CCCN2)s1. The summed E-state index contributed by atoms with van der Waals surface area (Å²) in [4.78, 5) is 17.3. The van der Waals surface area contributed by atoms with Gasteiger partial charge < -0.3 is 10.2 Å². The van der Waals surface area contributed by atoms with E-state index in [9.17, 15) is 4.79 Å². The molecule has 3 rings (SSSR count). The first-order valence-corrected chi connectivity index (χ1v) is 8.60. The van der Waals surface area contributed by atoms with Gasteiger partial charge in [0.05, 0.1) is 22.0 Å². The second-order valence-corrected chi connectivity index (χ2v) is 7.25. The molecule has 0 aliphatic carbocycles. The molecule has 3 heterocycles. The summed E-state index contributed by atoms with van der Waals surface area (Å²) >= 11 is 2.96. The number of thiophene rings is 1. The van der Waals surface area contributed by atoms with E-state index in [0.29, 0.717) is 12.6 Å². The Morgan fingerprint density at radius 1 is 1.52 bits per heavy atom. The average molecular weight is 322 g/mol. The van der Waals surface area contributed by atoms with Gasteiger partial charge in [-0.2, -0.15) is 0 Å². The molecule has 1 saturated heterocycles. The van der Waals surface area contributed by atoms with Crippen LogP contribution in [0.4, 0.5) is 0 Å². The molecule has 0 bridgehead atoms. The molecule has 5 nitrogen and oxygen atoms in total. The van der Waals surface area contributed by atoms with Crippen LogP contribution < -0.4 is 5.32 Å². The summed E-state index contributed by atoms with van der Waals surface area (Å²) in [5.41, 5.74) is 0.904. The van der Waals surface area contributed by atoms with Crippen molar-refractivity contribution in [1.29, 1.82) is 0 Å². The molecule has 1 aliphatic rings. The minimum atomic E-state index is 0.0667. The second kappa shape index (κ2) is 6.21. The summed E-state index contributed by atoms with van der Waals surface area (Å²) in [7, 11) is 1.83. The van der Waals surface area contributed by atoms with Gasteiger partial charge in [0, 0.05) is 18.0 Å². The highest BCUT2D eigenvalue weighted by Crippen LogP contribution is 2.30. The molecular weight excluding hydrogens is 304 g/mol. The Labute approximate surface area is 132 Å². The van der Waals surface area contributed by atoms with Crippen molar-refractivity contribution in [3.8, 4) is 0 Å². The average Bonchev–Trinajstić information content (AvgIpc) is 3.18. The number of carbonyl (C=O) groups excluding carboxylic acids is 1. The molecule has 1 atom stereocenters. The fourth-order valence-electron chi connectivity index (χ4n) is 2.45. The van der Waals surface area contributed by atoms with E-state index in [1.807, 2.05) is 20.0 Å². The Hall–Kier alpha value is -1.31. The Morgan fingerprint density at radius 2 is 2.38 bits per heavy atom. The van der Waals surface area contributed by atoms with Gasteiger partial charge in [-0.3, -0.25) is 4.79 Å². The van der Waals surface area contributed by atoms with Crippen molar-refractivity contribution >= 4 is 28.8 Å². The van der Waals surface area contributed by atoms with Crippen LogP contribution in [0.3, 0.4) is 0 Å². The van der Waals surface area contributed by atoms with Gasteiger partial charge in [0.25, 0.3) is 5.91 Å². The van der Waals surface area contributed by atoms with Gasteiger partial charge >= 0.3 is 0 Å². The topological polar surface area (TPSA) is 58.1 Å². The lowest BCUT2D eigenvalue weighted by Gasteiger charge is -2.15. The second-order valence-electron chi connectivity index (χ2n) is 5.29. The molecule has 0 aromatic carbocycles. The van der Waals surface area contributed by atoms with Crippen molar-refractivity contribution in [3.05, 3.63) is 32.5 Å². The standard InChI is InChI=1S/C14H18N4OS2/c1-9-13(21-17-16-9)8-18(2)14(19)12-6-5-11(20-12)10-4-3-7-15-10/h5-6,10,15H,3-4,7-8H2,1-2H3/t10-/m1/s1. The summed E-state index contributed by atoms with van der Waals surface area (Å²) in [6.07, 6.45) is 2.37. The van der Waals surface area contributed by atoms with Crippen molar-refractivity contribution in [2.75, 3.05) is 13.6 Å². The molecule has 1 amide bonds. The number of aryl methyl sites for hydroxylation is 1. The van der Waals surface area contributed by atoms with E-state index in [0.717, 1.165) is 28.4 Å². The van der Waals surface area contributed by atoms with Crippen molar-refractivity contribution in [2.24, 2.45) is 0 Å². The quantitative estimate of drug-likeness (QED) is 0.940. The Morgan fingerprint density at radius 3 is 3.05 bits per heavy atom. The van der Waals surface area contributed by atoms with Gasteiger partial charge in [-0.25, -0.2) is 0 Å². The van der Waals surface area contributed by atoms with E-state index in [-0.39, 0.29) is 5.91 Å². The van der Waals surface area contributed by atoms with Gasteiger partial charge in [-0.15, -0.1) is 16.4 Å². The summed E-state index contributed by atoms with van der Waals surface area (Å²) in [6, 6.07) is 4.44. The van der Waals surface area contributed by atoms with Gasteiger partial charge in [0.15, 0.2) is 0 Å². The molecule has 0 radical (unpaired) electrons. The normalized spacial score (nSPS) is 18.1. The van der Waals surface area contributed by atoms with E-state index >= 15 is 0 Å². The first-order chi connectivity index (χ1) is 10.1. The fourth-order valence-corrected chi connectivity index (χ4v) is 4.25. The zero-order valence-electron chi connectivity index (χ0n) is 12.1. The van der Waals surface area contributed by atoms with Crippen molar-refractivity contribution in [2.45, 2.75) is 32.4 Å². The third kappa shape index (κ3) is 3.14. The summed E-state index contributed by atoms with van der Waals surface area (Å²) in [5.74, 6) is 0.0667. The highest BCUT2D eigenvalue weighted by Gasteiger charge is 2.21. The van der Waals surface area contributed by atoms with Crippen molar-refractivity contribution in [3.63, 3.8) is 0 Å². The number of aromatic nitrogens is 2. The Kier molecular flexibility index (Phi) is 4.32. The van der Waals surface area contributed by atoms with E-state index < -0.39 is 0 Å². The summed E-state index contributed by atoms with van der Waals surface area (Å²) < 4.78 is 3.91. The van der Waals surface area contributed by atoms with Crippen LogP contribution in [0.2, 0.25) is 0 Å².